The third-order valence-electron chi connectivity index (χ3n) is 5.57. The number of carbonyl (C=O) groups excluding carboxylic acids is 1. The third-order valence-corrected chi connectivity index (χ3v) is 5.57. The molecule has 1 aliphatic carbocycles. The van der Waals surface area contributed by atoms with Gasteiger partial charge in [0, 0.05) is 29.7 Å². The second-order valence-corrected chi connectivity index (χ2v) is 7.67. The Balaban J connectivity index is 1.54. The molecule has 1 saturated carbocycles. The van der Waals surface area contributed by atoms with Crippen LogP contribution in [0.15, 0.2) is 48.8 Å². The van der Waals surface area contributed by atoms with E-state index in [0.29, 0.717) is 12.2 Å². The average molecular weight is 358 g/mol. The van der Waals surface area contributed by atoms with Gasteiger partial charge in [-0.3, -0.25) is 14.5 Å². The maximum absolute atomic E-state index is 13.4. The van der Waals surface area contributed by atoms with E-state index in [2.05, 4.69) is 41.3 Å². The van der Waals surface area contributed by atoms with Crippen molar-refractivity contribution in [3.8, 4) is 11.1 Å². The van der Waals surface area contributed by atoms with Gasteiger partial charge in [0.1, 0.15) is 5.69 Å². The van der Waals surface area contributed by atoms with E-state index in [1.54, 1.807) is 12.4 Å². The number of carbonyl (C=O) groups is 1. The van der Waals surface area contributed by atoms with Crippen LogP contribution in [0.1, 0.15) is 53.5 Å². The van der Waals surface area contributed by atoms with Gasteiger partial charge in [-0.2, -0.15) is 5.10 Å². The maximum Gasteiger partial charge on any atom is 0.277 e. The summed E-state index contributed by atoms with van der Waals surface area (Å²) in [4.78, 5) is 19.5. The van der Waals surface area contributed by atoms with Crippen LogP contribution in [0.25, 0.3) is 11.1 Å². The monoisotopic (exact) mass is 358 g/mol. The molecule has 2 aromatic heterocycles. The van der Waals surface area contributed by atoms with Crippen molar-refractivity contribution in [1.82, 2.24) is 14.8 Å². The molecular weight excluding hydrogens is 336 g/mol. The van der Waals surface area contributed by atoms with Crippen LogP contribution in [0.3, 0.4) is 0 Å². The number of aryl methyl sites for hydroxylation is 1. The molecule has 5 heteroatoms. The van der Waals surface area contributed by atoms with Gasteiger partial charge in [-0.25, -0.2) is 0 Å². The Morgan fingerprint density at radius 1 is 1.11 bits per heavy atom. The molecule has 5 rings (SSSR count). The molecule has 0 N–H and O–H groups in total. The van der Waals surface area contributed by atoms with Gasteiger partial charge in [0.15, 0.2) is 0 Å². The molecule has 1 fully saturated rings. The number of hydrogen-bond acceptors (Lipinski definition) is 3. The number of pyridine rings is 1. The van der Waals surface area contributed by atoms with Crippen molar-refractivity contribution >= 4 is 11.6 Å². The molecule has 3 aromatic rings. The standard InChI is InChI=1S/C22H22N4O/c1-14-11-18(9-10-23-14)20-12-24-26-15(2)13-25(22(27)21(20)26)19-7-5-17(6-8-19)16-3-4-16/h5-12,15-16H,3-4,13H2,1-2H3. The predicted octanol–water partition coefficient (Wildman–Crippen LogP) is 4.35. The van der Waals surface area contributed by atoms with E-state index in [9.17, 15) is 4.79 Å². The summed E-state index contributed by atoms with van der Waals surface area (Å²) in [6.45, 7) is 4.69. The molecule has 27 heavy (non-hydrogen) atoms. The van der Waals surface area contributed by atoms with Crippen molar-refractivity contribution < 1.29 is 4.79 Å². The lowest BCUT2D eigenvalue weighted by atomic mass is 10.0. The molecule has 0 spiro atoms. The van der Waals surface area contributed by atoms with E-state index in [0.717, 1.165) is 28.4 Å². The molecule has 0 bridgehead atoms. The molecule has 2 aliphatic rings. The van der Waals surface area contributed by atoms with Gasteiger partial charge in [-0.1, -0.05) is 12.1 Å². The summed E-state index contributed by atoms with van der Waals surface area (Å²) in [5.41, 5.74) is 5.78. The van der Waals surface area contributed by atoms with Crippen LogP contribution < -0.4 is 4.90 Å². The Bertz CT molecular complexity index is 1020. The van der Waals surface area contributed by atoms with Crippen LogP contribution in [-0.2, 0) is 0 Å². The number of benzene rings is 1. The number of hydrogen-bond donors (Lipinski definition) is 0. The molecule has 0 saturated heterocycles. The third kappa shape index (κ3) is 2.74. The fraction of sp³-hybridized carbons (Fsp3) is 0.318. The summed E-state index contributed by atoms with van der Waals surface area (Å²) in [7, 11) is 0. The first kappa shape index (κ1) is 16.2. The van der Waals surface area contributed by atoms with Gasteiger partial charge in [0.25, 0.3) is 5.91 Å². The number of fused-ring (bicyclic) bond motifs is 1. The van der Waals surface area contributed by atoms with Crippen molar-refractivity contribution in [3.05, 3.63) is 65.7 Å². The highest BCUT2D eigenvalue weighted by Gasteiger charge is 2.34. The lowest BCUT2D eigenvalue weighted by Gasteiger charge is -2.32. The van der Waals surface area contributed by atoms with Crippen LogP contribution >= 0.6 is 0 Å². The highest BCUT2D eigenvalue weighted by atomic mass is 16.2. The highest BCUT2D eigenvalue weighted by Crippen LogP contribution is 2.41. The fourth-order valence-electron chi connectivity index (χ4n) is 3.95. The SMILES string of the molecule is Cc1cc(-c2cnn3c2C(=O)N(c2ccc(C4CC4)cc2)CC3C)ccn1. The van der Waals surface area contributed by atoms with Crippen molar-refractivity contribution in [2.75, 3.05) is 11.4 Å². The minimum atomic E-state index is 0.00855. The largest absolute Gasteiger partial charge is 0.305 e. The maximum atomic E-state index is 13.4. The highest BCUT2D eigenvalue weighted by molar-refractivity contribution is 6.09. The summed E-state index contributed by atoms with van der Waals surface area (Å²) in [6.07, 6.45) is 6.15. The van der Waals surface area contributed by atoms with Crippen LogP contribution in [0.5, 0.6) is 0 Å². The van der Waals surface area contributed by atoms with Crippen molar-refractivity contribution in [2.24, 2.45) is 0 Å². The quantitative estimate of drug-likeness (QED) is 0.699. The number of aromatic nitrogens is 3. The molecule has 1 atom stereocenters. The second-order valence-electron chi connectivity index (χ2n) is 7.67. The number of amides is 1. The number of rotatable bonds is 3. The van der Waals surface area contributed by atoms with Crippen molar-refractivity contribution in [2.45, 2.75) is 38.6 Å². The van der Waals surface area contributed by atoms with Crippen LogP contribution in [-0.4, -0.2) is 27.2 Å². The average Bonchev–Trinajstić information content (AvgIpc) is 3.42. The molecule has 5 nitrogen and oxygen atoms in total. The van der Waals surface area contributed by atoms with E-state index in [1.165, 1.54) is 18.4 Å². The second kappa shape index (κ2) is 6.05. The van der Waals surface area contributed by atoms with Gasteiger partial charge in [-0.05, 0) is 68.0 Å². The van der Waals surface area contributed by atoms with E-state index in [1.807, 2.05) is 28.6 Å². The first-order chi connectivity index (χ1) is 13.1. The topological polar surface area (TPSA) is 51.0 Å². The summed E-state index contributed by atoms with van der Waals surface area (Å²) in [6, 6.07) is 12.6. The Hall–Kier alpha value is -2.95. The van der Waals surface area contributed by atoms with Crippen molar-refractivity contribution in [1.29, 1.82) is 0 Å². The minimum absolute atomic E-state index is 0.00855. The summed E-state index contributed by atoms with van der Waals surface area (Å²) >= 11 is 0. The summed E-state index contributed by atoms with van der Waals surface area (Å²) in [5, 5.41) is 4.52. The zero-order valence-electron chi connectivity index (χ0n) is 15.6. The molecular formula is C22H22N4O. The first-order valence-corrected chi connectivity index (χ1v) is 9.54. The van der Waals surface area contributed by atoms with E-state index < -0.39 is 0 Å². The molecule has 136 valence electrons. The van der Waals surface area contributed by atoms with E-state index in [-0.39, 0.29) is 11.9 Å². The predicted molar refractivity (Wildman–Crippen MR) is 105 cm³/mol. The van der Waals surface area contributed by atoms with Crippen molar-refractivity contribution in [3.63, 3.8) is 0 Å². The summed E-state index contributed by atoms with van der Waals surface area (Å²) in [5.74, 6) is 0.729. The van der Waals surface area contributed by atoms with Gasteiger partial charge in [0.05, 0.1) is 12.2 Å². The Labute approximate surface area is 158 Å². The number of nitrogens with zero attached hydrogens (tertiary/aromatic N) is 4. The van der Waals surface area contributed by atoms with Gasteiger partial charge in [-0.15, -0.1) is 0 Å². The van der Waals surface area contributed by atoms with Crippen LogP contribution in [0.2, 0.25) is 0 Å². The molecule has 1 amide bonds. The smallest absolute Gasteiger partial charge is 0.277 e. The van der Waals surface area contributed by atoms with E-state index in [4.69, 9.17) is 0 Å². The number of anilines is 1. The lowest BCUT2D eigenvalue weighted by Crippen LogP contribution is -2.42. The molecule has 3 heterocycles. The fourth-order valence-corrected chi connectivity index (χ4v) is 3.95. The zero-order chi connectivity index (χ0) is 18.5. The van der Waals surface area contributed by atoms with Crippen LogP contribution in [0, 0.1) is 6.92 Å². The summed E-state index contributed by atoms with van der Waals surface area (Å²) < 4.78 is 1.86. The Kier molecular flexibility index (Phi) is 3.64. The minimum Gasteiger partial charge on any atom is -0.305 e. The Morgan fingerprint density at radius 2 is 1.89 bits per heavy atom. The zero-order valence-corrected chi connectivity index (χ0v) is 15.6. The Morgan fingerprint density at radius 3 is 2.59 bits per heavy atom. The lowest BCUT2D eigenvalue weighted by molar-refractivity contribution is 0.0954. The molecule has 1 aromatic carbocycles. The van der Waals surface area contributed by atoms with E-state index >= 15 is 0 Å². The molecule has 1 unspecified atom stereocenters. The molecule has 0 radical (unpaired) electrons. The normalized spacial score (nSPS) is 19.3. The van der Waals surface area contributed by atoms with Gasteiger partial charge in [0.2, 0.25) is 0 Å². The first-order valence-electron chi connectivity index (χ1n) is 9.54. The van der Waals surface area contributed by atoms with Gasteiger partial charge < -0.3 is 4.90 Å². The van der Waals surface area contributed by atoms with Gasteiger partial charge >= 0.3 is 0 Å². The molecule has 1 aliphatic heterocycles. The van der Waals surface area contributed by atoms with Crippen LogP contribution in [0.4, 0.5) is 5.69 Å².